The van der Waals surface area contributed by atoms with Crippen LogP contribution in [0.4, 0.5) is 5.82 Å². The minimum absolute atomic E-state index is 0.343. The van der Waals surface area contributed by atoms with Gasteiger partial charge in [0.1, 0.15) is 5.82 Å². The highest BCUT2D eigenvalue weighted by molar-refractivity contribution is 14.1. The maximum absolute atomic E-state index is 11.5. The Morgan fingerprint density at radius 3 is 2.73 bits per heavy atom. The number of nitrogen functional groups attached to an aromatic ring is 1. The highest BCUT2D eigenvalue weighted by atomic mass is 127. The standard InChI is InChI=1S/C8H12IN3O2S/c1-15(2,14)12-8(13)5-3-6(9)7(10)11-4-5/h3-4,15H,1-2H3,(H2,10,11)(H,12,13,14). The highest BCUT2D eigenvalue weighted by Gasteiger charge is 2.08. The Bertz CT molecular complexity index is 447. The smallest absolute Gasteiger partial charge is 0.284 e. The summed E-state index contributed by atoms with van der Waals surface area (Å²) < 4.78 is 13.8. The van der Waals surface area contributed by atoms with Gasteiger partial charge in [0.05, 0.1) is 9.13 Å². The Morgan fingerprint density at radius 1 is 1.67 bits per heavy atom. The number of thiol groups is 1. The van der Waals surface area contributed by atoms with Gasteiger partial charge in [0.25, 0.3) is 5.91 Å². The quantitative estimate of drug-likeness (QED) is 0.529. The van der Waals surface area contributed by atoms with Crippen molar-refractivity contribution in [2.75, 3.05) is 18.2 Å². The number of carbonyl (C=O) groups is 1. The Balaban J connectivity index is 3.09. The lowest BCUT2D eigenvalue weighted by atomic mass is 10.3. The summed E-state index contributed by atoms with van der Waals surface area (Å²) in [5.74, 6) is -0.0774. The number of rotatable bonds is 1. The van der Waals surface area contributed by atoms with E-state index >= 15 is 0 Å². The maximum Gasteiger partial charge on any atom is 0.284 e. The molecule has 0 aliphatic heterocycles. The minimum Gasteiger partial charge on any atom is -0.383 e. The number of nitrogens with two attached hydrogens (primary N) is 1. The first-order chi connectivity index (χ1) is 6.79. The topological polar surface area (TPSA) is 88.6 Å². The molecule has 0 atom stereocenters. The van der Waals surface area contributed by atoms with Gasteiger partial charge >= 0.3 is 0 Å². The van der Waals surface area contributed by atoms with Crippen LogP contribution in [0.25, 0.3) is 0 Å². The first-order valence-electron chi connectivity index (χ1n) is 4.05. The largest absolute Gasteiger partial charge is 0.383 e. The predicted molar refractivity (Wildman–Crippen MR) is 71.4 cm³/mol. The van der Waals surface area contributed by atoms with E-state index in [0.29, 0.717) is 15.0 Å². The number of anilines is 1. The third-order valence-electron chi connectivity index (χ3n) is 1.45. The molecule has 0 aliphatic carbocycles. The van der Waals surface area contributed by atoms with Crippen molar-refractivity contribution in [3.8, 4) is 0 Å². The van der Waals surface area contributed by atoms with Crippen molar-refractivity contribution >= 4 is 44.4 Å². The normalized spacial score (nSPS) is 12.3. The summed E-state index contributed by atoms with van der Waals surface area (Å²) in [6, 6.07) is 1.60. The molecule has 1 amide bonds. The molecule has 1 aromatic rings. The van der Waals surface area contributed by atoms with E-state index in [0.717, 1.165) is 0 Å². The molecule has 1 heterocycles. The zero-order valence-corrected chi connectivity index (χ0v) is 11.4. The van der Waals surface area contributed by atoms with Crippen molar-refractivity contribution in [3.63, 3.8) is 0 Å². The zero-order chi connectivity index (χ0) is 11.6. The fraction of sp³-hybridized carbons (Fsp3) is 0.250. The van der Waals surface area contributed by atoms with Crippen LogP contribution in [0, 0.1) is 3.57 Å². The predicted octanol–water partition coefficient (Wildman–Crippen LogP) is 1.21. The molecule has 0 aromatic carbocycles. The van der Waals surface area contributed by atoms with Crippen LogP contribution in [-0.2, 0) is 10.1 Å². The van der Waals surface area contributed by atoms with E-state index in [1.54, 1.807) is 18.6 Å². The molecular weight excluding hydrogens is 329 g/mol. The molecule has 7 heteroatoms. The summed E-state index contributed by atoms with van der Waals surface area (Å²) in [5.41, 5.74) is 5.86. The van der Waals surface area contributed by atoms with E-state index < -0.39 is 16.0 Å². The highest BCUT2D eigenvalue weighted by Crippen LogP contribution is 2.14. The number of pyridine rings is 1. The Kier molecular flexibility index (Phi) is 3.79. The van der Waals surface area contributed by atoms with Crippen molar-refractivity contribution in [3.05, 3.63) is 21.4 Å². The lowest BCUT2D eigenvalue weighted by molar-refractivity contribution is 0.100. The number of halogens is 1. The molecule has 0 saturated carbocycles. The Labute approximate surface area is 103 Å². The summed E-state index contributed by atoms with van der Waals surface area (Å²) >= 11 is 1.99. The summed E-state index contributed by atoms with van der Waals surface area (Å²) in [4.78, 5) is 15.4. The third kappa shape index (κ3) is 3.84. The maximum atomic E-state index is 11.5. The van der Waals surface area contributed by atoms with Crippen LogP contribution < -0.4 is 5.73 Å². The van der Waals surface area contributed by atoms with Crippen molar-refractivity contribution in [2.45, 2.75) is 0 Å². The van der Waals surface area contributed by atoms with E-state index in [1.165, 1.54) is 6.20 Å². The number of hydrogen-bond donors (Lipinski definition) is 3. The molecule has 0 aliphatic rings. The first-order valence-corrected chi connectivity index (χ1v) is 7.72. The minimum atomic E-state index is -2.45. The molecule has 0 fully saturated rings. The van der Waals surface area contributed by atoms with Gasteiger partial charge in [-0.25, -0.2) is 4.98 Å². The summed E-state index contributed by atoms with van der Waals surface area (Å²) in [6.07, 6.45) is 4.44. The van der Waals surface area contributed by atoms with Gasteiger partial charge in [0, 0.05) is 6.20 Å². The monoisotopic (exact) mass is 341 g/mol. The Morgan fingerprint density at radius 2 is 2.27 bits per heavy atom. The van der Waals surface area contributed by atoms with Crippen molar-refractivity contribution in [2.24, 2.45) is 4.36 Å². The van der Waals surface area contributed by atoms with Crippen LogP contribution in [0.2, 0.25) is 0 Å². The van der Waals surface area contributed by atoms with Crippen molar-refractivity contribution in [1.29, 1.82) is 0 Å². The molecule has 0 saturated heterocycles. The van der Waals surface area contributed by atoms with Gasteiger partial charge in [0.2, 0.25) is 0 Å². The van der Waals surface area contributed by atoms with E-state index in [4.69, 9.17) is 5.73 Å². The number of carbonyl (C=O) groups excluding carboxylic acids is 1. The molecular formula is C8H12IN3O2S. The number of nitrogens with zero attached hydrogens (tertiary/aromatic N) is 2. The summed E-state index contributed by atoms with van der Waals surface area (Å²) in [5, 5.41) is 0. The molecule has 3 N–H and O–H groups in total. The average molecular weight is 341 g/mol. The summed E-state index contributed by atoms with van der Waals surface area (Å²) in [7, 11) is -2.45. The SMILES string of the molecule is C[SH](C)(O)=NC(=O)c1cnc(N)c(I)c1. The second-order valence-electron chi connectivity index (χ2n) is 3.33. The van der Waals surface area contributed by atoms with Gasteiger partial charge in [-0.15, -0.1) is 10.1 Å². The number of amides is 1. The van der Waals surface area contributed by atoms with Gasteiger partial charge in [0.15, 0.2) is 0 Å². The van der Waals surface area contributed by atoms with E-state index in [2.05, 4.69) is 9.35 Å². The molecule has 84 valence electrons. The molecule has 0 unspecified atom stereocenters. The first kappa shape index (κ1) is 12.5. The Hall–Kier alpha value is -0.540. The molecule has 0 spiro atoms. The lowest BCUT2D eigenvalue weighted by Gasteiger charge is -2.09. The van der Waals surface area contributed by atoms with Crippen molar-refractivity contribution < 1.29 is 9.35 Å². The van der Waals surface area contributed by atoms with E-state index in [-0.39, 0.29) is 0 Å². The fourth-order valence-corrected chi connectivity index (χ4v) is 1.88. The van der Waals surface area contributed by atoms with E-state index in [1.807, 2.05) is 22.6 Å². The van der Waals surface area contributed by atoms with Crippen LogP contribution in [0.15, 0.2) is 16.6 Å². The fourth-order valence-electron chi connectivity index (χ4n) is 0.845. The number of aromatic nitrogens is 1. The second-order valence-corrected chi connectivity index (χ2v) is 7.37. The summed E-state index contributed by atoms with van der Waals surface area (Å²) in [6.45, 7) is 0. The number of hydrogen-bond acceptors (Lipinski definition) is 3. The second kappa shape index (κ2) is 4.54. The van der Waals surface area contributed by atoms with Gasteiger partial charge in [-0.2, -0.15) is 4.36 Å². The zero-order valence-electron chi connectivity index (χ0n) is 8.31. The lowest BCUT2D eigenvalue weighted by Crippen LogP contribution is -2.08. The molecule has 15 heavy (non-hydrogen) atoms. The third-order valence-corrected chi connectivity index (χ3v) is 2.99. The molecule has 5 nitrogen and oxygen atoms in total. The van der Waals surface area contributed by atoms with Crippen LogP contribution >= 0.6 is 22.6 Å². The average Bonchev–Trinajstić information content (AvgIpc) is 2.06. The van der Waals surface area contributed by atoms with Crippen LogP contribution in [0.3, 0.4) is 0 Å². The van der Waals surface area contributed by atoms with Gasteiger partial charge in [-0.3, -0.25) is 4.79 Å². The van der Waals surface area contributed by atoms with Crippen LogP contribution in [0.1, 0.15) is 10.4 Å². The van der Waals surface area contributed by atoms with E-state index in [9.17, 15) is 9.35 Å². The van der Waals surface area contributed by atoms with Gasteiger partial charge in [-0.1, -0.05) is 0 Å². The van der Waals surface area contributed by atoms with Crippen LogP contribution in [-0.4, -0.2) is 28.0 Å². The molecule has 1 aromatic heterocycles. The molecule has 0 radical (unpaired) electrons. The van der Waals surface area contributed by atoms with Crippen molar-refractivity contribution in [1.82, 2.24) is 4.98 Å². The van der Waals surface area contributed by atoms with Gasteiger partial charge < -0.3 is 10.3 Å². The molecule has 1 rings (SSSR count). The van der Waals surface area contributed by atoms with Crippen LogP contribution in [0.5, 0.6) is 0 Å². The molecule has 0 bridgehead atoms. The van der Waals surface area contributed by atoms with Gasteiger partial charge in [-0.05, 0) is 41.2 Å².